The predicted octanol–water partition coefficient (Wildman–Crippen LogP) is 7.25. The molecular formula is AlBr8P. The molecule has 10 heavy (non-hydrogen) atoms. The fourth-order valence-corrected chi connectivity index (χ4v) is 0. The van der Waals surface area contributed by atoms with Crippen molar-refractivity contribution in [3.8, 4) is 0 Å². The molecule has 0 amide bonds. The molecule has 0 saturated heterocycles. The van der Waals surface area contributed by atoms with Gasteiger partial charge in [-0.1, -0.05) is 0 Å². The van der Waals surface area contributed by atoms with E-state index < -0.39 is 7.84 Å². The second-order valence-electron chi connectivity index (χ2n) is 0.878. The molecule has 0 N–H and O–H groups in total. The van der Waals surface area contributed by atoms with Gasteiger partial charge in [0, 0.05) is 0 Å². The van der Waals surface area contributed by atoms with Gasteiger partial charge in [-0.2, -0.15) is 0 Å². The molecule has 0 aliphatic carbocycles. The van der Waals surface area contributed by atoms with Gasteiger partial charge < -0.3 is 56.2 Å². The van der Waals surface area contributed by atoms with Gasteiger partial charge in [0.2, 0.25) is 0 Å². The molecule has 0 aromatic heterocycles. The molecule has 0 heterocycles. The van der Waals surface area contributed by atoms with Crippen LogP contribution in [0.1, 0.15) is 0 Å². The van der Waals surface area contributed by atoms with Gasteiger partial charge in [-0.3, -0.25) is 0 Å². The maximum absolute atomic E-state index is 3.29. The summed E-state index contributed by atoms with van der Waals surface area (Å²) in [6.45, 7) is 0. The van der Waals surface area contributed by atoms with E-state index in [4.69, 9.17) is 0 Å². The number of hydrogen-bond acceptors (Lipinski definition) is 0. The maximum atomic E-state index is 3.29. The summed E-state index contributed by atoms with van der Waals surface area (Å²) in [6, 6.07) is 0. The van der Waals surface area contributed by atoms with E-state index in [-0.39, 0.29) is 0 Å². The summed E-state index contributed by atoms with van der Waals surface area (Å²) in [6.07, 6.45) is 0. The summed E-state index contributed by atoms with van der Waals surface area (Å²) in [5.41, 5.74) is 0. The van der Waals surface area contributed by atoms with Crippen LogP contribution in [-0.4, -0.2) is 5.77 Å². The van der Waals surface area contributed by atoms with E-state index in [1.807, 2.05) is 0 Å². The van der Waals surface area contributed by atoms with Gasteiger partial charge in [0.25, 0.3) is 2.07 Å². The highest BCUT2D eigenvalue weighted by Crippen LogP contribution is 2.85. The van der Waals surface area contributed by atoms with Gasteiger partial charge >= 0.3 is 5.77 Å². The van der Waals surface area contributed by atoms with Crippen LogP contribution >= 0.6 is 120 Å². The van der Waals surface area contributed by atoms with Gasteiger partial charge in [0.05, 0.1) is 0 Å². The van der Waals surface area contributed by atoms with Crippen molar-refractivity contribution in [2.75, 3.05) is 0 Å². The topological polar surface area (TPSA) is 0 Å². The van der Waals surface area contributed by atoms with E-state index in [2.05, 4.69) is 118 Å². The minimum Gasteiger partial charge on any atom is -0.363 e. The standard InChI is InChI=1S/Al.Br4P.4BrH/c;1-5(2,3)4;;;;/h;;4*1H/q+3;+1;;;;/p-4. The van der Waals surface area contributed by atoms with E-state index in [1.165, 1.54) is 0 Å². The Labute approximate surface area is 123 Å². The molecule has 0 aromatic rings. The molecule has 0 atom stereocenters. The van der Waals surface area contributed by atoms with E-state index in [9.17, 15) is 0 Å². The zero-order valence-corrected chi connectivity index (χ0v) is 18.8. The van der Waals surface area contributed by atoms with Crippen molar-refractivity contribution >= 4 is 126 Å². The quantitative estimate of drug-likeness (QED) is 0.185. The highest BCUT2D eigenvalue weighted by atomic mass is 80.0. The lowest BCUT2D eigenvalue weighted by Gasteiger charge is -2.00. The second kappa shape index (κ2) is 8.01. The lowest BCUT2D eigenvalue weighted by Crippen LogP contribution is -1.86. The molecule has 0 spiro atoms. The van der Waals surface area contributed by atoms with Crippen LogP contribution in [0.15, 0.2) is 0 Å². The van der Waals surface area contributed by atoms with E-state index in [0.717, 1.165) is 0 Å². The van der Waals surface area contributed by atoms with Gasteiger partial charge in [0.1, 0.15) is 0 Å². The SMILES string of the molecule is Br[P+](Br)(Br)Br.[Br][Al-]([Br])([Br])[Br]. The van der Waals surface area contributed by atoms with Crippen LogP contribution < -0.4 is 0 Å². The Morgan fingerprint density at radius 2 is 0.700 bits per heavy atom. The van der Waals surface area contributed by atoms with E-state index in [1.54, 1.807) is 0 Å². The highest BCUT2D eigenvalue weighted by molar-refractivity contribution is 10.2. The number of rotatable bonds is 0. The summed E-state index contributed by atoms with van der Waals surface area (Å²) in [5.74, 6) is -1.58. The minimum absolute atomic E-state index is 1.14. The molecule has 0 unspecified atom stereocenters. The summed E-state index contributed by atoms with van der Waals surface area (Å²) >= 11 is 26.1. The molecule has 0 saturated carbocycles. The van der Waals surface area contributed by atoms with Crippen molar-refractivity contribution < 1.29 is 0 Å². The van der Waals surface area contributed by atoms with Gasteiger partial charge in [-0.15, -0.1) is 0 Å². The average molecular weight is 697 g/mol. The first-order chi connectivity index (χ1) is 4.00. The predicted molar refractivity (Wildman–Crippen MR) is 84.1 cm³/mol. The molecule has 0 fully saturated rings. The van der Waals surface area contributed by atoms with Gasteiger partial charge in [-0.25, -0.2) is 0 Å². The van der Waals surface area contributed by atoms with Crippen molar-refractivity contribution in [3.63, 3.8) is 0 Å². The first-order valence-electron chi connectivity index (χ1n) is 1.55. The molecule has 0 nitrogen and oxygen atoms in total. The van der Waals surface area contributed by atoms with Crippen LogP contribution in [0.3, 0.4) is 0 Å². The lowest BCUT2D eigenvalue weighted by molar-refractivity contribution is 4.79. The molecule has 0 aliphatic heterocycles. The molecule has 0 aliphatic rings. The molecule has 0 bridgehead atoms. The summed E-state index contributed by atoms with van der Waals surface area (Å²) in [4.78, 5) is 0. The van der Waals surface area contributed by atoms with Crippen LogP contribution in [0.5, 0.6) is 0 Å². The molecular weight excluding hydrogens is 697 g/mol. The monoisotopic (exact) mass is 689 g/mol. The normalized spacial score (nSPS) is 12.0. The molecule has 10 heteroatoms. The van der Waals surface area contributed by atoms with Crippen LogP contribution in [0.2, 0.25) is 0 Å². The molecule has 0 radical (unpaired) electrons. The Hall–Kier alpha value is 4.80. The molecule has 0 rings (SSSR count). The van der Waals surface area contributed by atoms with Crippen molar-refractivity contribution in [1.82, 2.24) is 0 Å². The van der Waals surface area contributed by atoms with E-state index >= 15 is 0 Å². The van der Waals surface area contributed by atoms with Gasteiger partial charge in [0.15, 0.2) is 62.0 Å². The summed E-state index contributed by atoms with van der Waals surface area (Å²) < 4.78 is -1.14. The average Bonchev–Trinajstić information content (AvgIpc) is 1.12. The van der Waals surface area contributed by atoms with Crippen LogP contribution in [0.25, 0.3) is 0 Å². The maximum Gasteiger partial charge on any atom is 0.450 e. The Morgan fingerprint density at radius 1 is 0.700 bits per heavy atom. The fourth-order valence-electron chi connectivity index (χ4n) is 0. The first kappa shape index (κ1) is 17.2. The second-order valence-corrected chi connectivity index (χ2v) is 71.1. The zero-order chi connectivity index (χ0) is 9.00. The van der Waals surface area contributed by atoms with Crippen molar-refractivity contribution in [1.29, 1.82) is 0 Å². The highest BCUT2D eigenvalue weighted by Gasteiger charge is 2.24. The fraction of sp³-hybridized carbons (Fsp3) is 0. The van der Waals surface area contributed by atoms with Crippen LogP contribution in [-0.2, 0) is 0 Å². The number of halogens is 8. The third kappa shape index (κ3) is 77.3. The van der Waals surface area contributed by atoms with Crippen molar-refractivity contribution in [2.45, 2.75) is 0 Å². The number of hydrogen-bond donors (Lipinski definition) is 0. The largest absolute Gasteiger partial charge is 0.450 e. The van der Waals surface area contributed by atoms with E-state index in [0.29, 0.717) is 0 Å². The van der Waals surface area contributed by atoms with Crippen molar-refractivity contribution in [3.05, 3.63) is 0 Å². The van der Waals surface area contributed by atoms with Crippen LogP contribution in [0, 0.1) is 0 Å². The summed E-state index contributed by atoms with van der Waals surface area (Å²) in [5, 5.41) is 0. The first-order valence-corrected chi connectivity index (χ1v) is 24.1. The van der Waals surface area contributed by atoms with Crippen LogP contribution in [0.4, 0.5) is 0 Å². The zero-order valence-electron chi connectivity index (χ0n) is 4.05. The van der Waals surface area contributed by atoms with Crippen molar-refractivity contribution in [2.24, 2.45) is 0 Å². The smallest absolute Gasteiger partial charge is 0.363 e. The lowest BCUT2D eigenvalue weighted by atomic mass is 26.9. The molecule has 64 valence electrons. The Kier molecular flexibility index (Phi) is 13.8. The Morgan fingerprint density at radius 3 is 0.700 bits per heavy atom. The third-order valence-corrected chi connectivity index (χ3v) is 0. The Balaban J connectivity index is 0. The minimum atomic E-state index is -1.58. The molecule has 0 aromatic carbocycles. The third-order valence-electron chi connectivity index (χ3n) is 0. The van der Waals surface area contributed by atoms with Gasteiger partial charge in [-0.05, 0) is 0 Å². The Bertz CT molecular complexity index is 52.2. The summed E-state index contributed by atoms with van der Waals surface area (Å²) in [7, 11) is 0.